The van der Waals surface area contributed by atoms with Gasteiger partial charge in [-0.2, -0.15) is 5.10 Å². The van der Waals surface area contributed by atoms with Crippen molar-refractivity contribution < 1.29 is 4.79 Å². The van der Waals surface area contributed by atoms with Gasteiger partial charge in [-0.15, -0.1) is 11.3 Å². The molecule has 5 nitrogen and oxygen atoms in total. The minimum Gasteiger partial charge on any atom is -0.293 e. The number of hydrogen-bond donors (Lipinski definition) is 0. The number of Topliss-reactive ketones (excluding diaryl/α,β-unsaturated/α-hetero) is 1. The van der Waals surface area contributed by atoms with Crippen LogP contribution < -0.4 is 0 Å². The highest BCUT2D eigenvalue weighted by Gasteiger charge is 2.16. The van der Waals surface area contributed by atoms with E-state index < -0.39 is 0 Å². The first-order chi connectivity index (χ1) is 8.11. The zero-order valence-corrected chi connectivity index (χ0v) is 10.9. The van der Waals surface area contributed by atoms with E-state index in [1.165, 1.54) is 17.7 Å². The topological polar surface area (TPSA) is 60.7 Å². The Morgan fingerprint density at radius 3 is 2.82 bits per heavy atom. The molecule has 0 amide bonds. The van der Waals surface area contributed by atoms with E-state index >= 15 is 0 Å². The van der Waals surface area contributed by atoms with Crippen LogP contribution in [0, 0.1) is 13.8 Å². The average molecular weight is 250 g/mol. The Hall–Kier alpha value is -1.56. The van der Waals surface area contributed by atoms with Gasteiger partial charge < -0.3 is 0 Å². The maximum Gasteiger partial charge on any atom is 0.182 e. The van der Waals surface area contributed by atoms with Crippen molar-refractivity contribution in [3.8, 4) is 0 Å². The monoisotopic (exact) mass is 250 g/mol. The summed E-state index contributed by atoms with van der Waals surface area (Å²) in [5, 5.41) is 4.97. The third-order valence-electron chi connectivity index (χ3n) is 2.47. The minimum atomic E-state index is 0.0656. The molecule has 0 saturated heterocycles. The number of thiazole rings is 1. The second-order valence-electron chi connectivity index (χ2n) is 3.74. The molecule has 0 aliphatic heterocycles. The van der Waals surface area contributed by atoms with E-state index in [1.807, 2.05) is 20.8 Å². The van der Waals surface area contributed by atoms with Crippen LogP contribution in [0.5, 0.6) is 0 Å². The van der Waals surface area contributed by atoms with E-state index in [2.05, 4.69) is 15.1 Å². The molecule has 0 fully saturated rings. The molecule has 0 aromatic carbocycles. The molecule has 0 unspecified atom stereocenters. The summed E-state index contributed by atoms with van der Waals surface area (Å²) in [4.78, 5) is 21.2. The summed E-state index contributed by atoms with van der Waals surface area (Å²) >= 11 is 1.44. The first-order valence-electron chi connectivity index (χ1n) is 5.45. The zero-order valence-electron chi connectivity index (χ0n) is 10.1. The molecule has 0 spiro atoms. The quantitative estimate of drug-likeness (QED) is 0.776. The highest BCUT2D eigenvalue weighted by atomic mass is 32.1. The number of hydrogen-bond acceptors (Lipinski definition) is 5. The molecule has 0 aliphatic carbocycles. The molecule has 0 atom stereocenters. The van der Waals surface area contributed by atoms with Crippen LogP contribution in [0.25, 0.3) is 0 Å². The fourth-order valence-electron chi connectivity index (χ4n) is 1.70. The fourth-order valence-corrected chi connectivity index (χ4v) is 2.56. The summed E-state index contributed by atoms with van der Waals surface area (Å²) in [5.41, 5.74) is 0.806. The summed E-state index contributed by atoms with van der Waals surface area (Å²) in [7, 11) is 0. The van der Waals surface area contributed by atoms with Gasteiger partial charge >= 0.3 is 0 Å². The van der Waals surface area contributed by atoms with Gasteiger partial charge in [0.05, 0.1) is 22.0 Å². The van der Waals surface area contributed by atoms with Crippen molar-refractivity contribution >= 4 is 17.1 Å². The molecule has 0 aliphatic rings. The third kappa shape index (κ3) is 2.41. The van der Waals surface area contributed by atoms with Crippen molar-refractivity contribution in [1.29, 1.82) is 0 Å². The summed E-state index contributed by atoms with van der Waals surface area (Å²) in [5.74, 6) is 0.777. The van der Waals surface area contributed by atoms with Crippen LogP contribution in [0.3, 0.4) is 0 Å². The maximum absolute atomic E-state index is 12.1. The summed E-state index contributed by atoms with van der Waals surface area (Å²) in [6.45, 7) is 6.47. The van der Waals surface area contributed by atoms with E-state index in [0.29, 0.717) is 5.82 Å². The van der Waals surface area contributed by atoms with Crippen LogP contribution in [0.15, 0.2) is 6.33 Å². The maximum atomic E-state index is 12.1. The Bertz CT molecular complexity index is 543. The van der Waals surface area contributed by atoms with Gasteiger partial charge in [0.2, 0.25) is 0 Å². The highest BCUT2D eigenvalue weighted by Crippen LogP contribution is 2.19. The molecular formula is C11H14N4OS. The first kappa shape index (κ1) is 11.9. The molecule has 0 bridgehead atoms. The van der Waals surface area contributed by atoms with Crippen molar-refractivity contribution in [2.24, 2.45) is 0 Å². The molecule has 90 valence electrons. The van der Waals surface area contributed by atoms with E-state index in [1.54, 1.807) is 4.68 Å². The Morgan fingerprint density at radius 1 is 1.47 bits per heavy atom. The lowest BCUT2D eigenvalue weighted by Crippen LogP contribution is -2.10. The predicted octanol–water partition coefficient (Wildman–Crippen LogP) is 1.80. The van der Waals surface area contributed by atoms with Crippen molar-refractivity contribution in [3.05, 3.63) is 27.7 Å². The number of ketones is 1. The van der Waals surface area contributed by atoms with Gasteiger partial charge in [0.1, 0.15) is 12.2 Å². The molecule has 6 heteroatoms. The molecular weight excluding hydrogens is 236 g/mol. The third-order valence-corrected chi connectivity index (χ3v) is 3.58. The Balaban J connectivity index is 2.20. The van der Waals surface area contributed by atoms with Crippen LogP contribution in [0.1, 0.15) is 33.1 Å². The Labute approximate surface area is 104 Å². The molecule has 0 radical (unpaired) electrons. The van der Waals surface area contributed by atoms with E-state index in [0.717, 1.165) is 22.1 Å². The highest BCUT2D eigenvalue weighted by molar-refractivity contribution is 7.13. The first-order valence-corrected chi connectivity index (χ1v) is 6.27. The van der Waals surface area contributed by atoms with Crippen molar-refractivity contribution in [1.82, 2.24) is 19.7 Å². The lowest BCUT2D eigenvalue weighted by Gasteiger charge is -2.01. The van der Waals surface area contributed by atoms with Gasteiger partial charge in [0.15, 0.2) is 5.78 Å². The fraction of sp³-hybridized carbons (Fsp3) is 0.455. The Kier molecular flexibility index (Phi) is 3.33. The number of rotatable bonds is 4. The predicted molar refractivity (Wildman–Crippen MR) is 65.3 cm³/mol. The smallest absolute Gasteiger partial charge is 0.182 e. The molecule has 17 heavy (non-hydrogen) atoms. The van der Waals surface area contributed by atoms with E-state index in [9.17, 15) is 4.79 Å². The summed E-state index contributed by atoms with van der Waals surface area (Å²) < 4.78 is 1.74. The van der Waals surface area contributed by atoms with E-state index in [4.69, 9.17) is 0 Å². The molecule has 0 saturated carbocycles. The van der Waals surface area contributed by atoms with Gasteiger partial charge in [0, 0.05) is 6.54 Å². The number of aromatic nitrogens is 4. The van der Waals surface area contributed by atoms with Gasteiger partial charge in [-0.25, -0.2) is 14.6 Å². The minimum absolute atomic E-state index is 0.0656. The molecule has 2 rings (SSSR count). The number of aryl methyl sites for hydroxylation is 3. The van der Waals surface area contributed by atoms with Gasteiger partial charge in [-0.3, -0.25) is 4.79 Å². The van der Waals surface area contributed by atoms with Crippen LogP contribution >= 0.6 is 11.3 Å². The largest absolute Gasteiger partial charge is 0.293 e. The molecule has 2 heterocycles. The van der Waals surface area contributed by atoms with Crippen molar-refractivity contribution in [2.45, 2.75) is 33.7 Å². The van der Waals surface area contributed by atoms with Gasteiger partial charge in [-0.1, -0.05) is 0 Å². The number of carbonyl (C=O) groups is 1. The average Bonchev–Trinajstić information content (AvgIpc) is 2.84. The summed E-state index contributed by atoms with van der Waals surface area (Å²) in [6, 6.07) is 0. The summed E-state index contributed by atoms with van der Waals surface area (Å²) in [6.07, 6.45) is 1.77. The standard InChI is InChI=1S/C11H14N4OS/c1-4-15-10(12-6-13-15)5-9(16)11-7(2)14-8(3)17-11/h6H,4-5H2,1-3H3. The number of carbonyl (C=O) groups excluding carboxylic acids is 1. The zero-order chi connectivity index (χ0) is 12.4. The van der Waals surface area contributed by atoms with Crippen molar-refractivity contribution in [3.63, 3.8) is 0 Å². The van der Waals surface area contributed by atoms with Crippen molar-refractivity contribution in [2.75, 3.05) is 0 Å². The molecule has 2 aromatic heterocycles. The van der Waals surface area contributed by atoms with Crippen LogP contribution in [0.4, 0.5) is 0 Å². The van der Waals surface area contributed by atoms with Crippen LogP contribution in [0.2, 0.25) is 0 Å². The van der Waals surface area contributed by atoms with Crippen LogP contribution in [-0.2, 0) is 13.0 Å². The Morgan fingerprint density at radius 2 is 2.24 bits per heavy atom. The van der Waals surface area contributed by atoms with Gasteiger partial charge in [-0.05, 0) is 20.8 Å². The number of nitrogens with zero attached hydrogens (tertiary/aromatic N) is 4. The second kappa shape index (κ2) is 4.75. The SMILES string of the molecule is CCn1ncnc1CC(=O)c1sc(C)nc1C. The molecule has 2 aromatic rings. The van der Waals surface area contributed by atoms with Gasteiger partial charge in [0.25, 0.3) is 0 Å². The second-order valence-corrected chi connectivity index (χ2v) is 4.94. The van der Waals surface area contributed by atoms with E-state index in [-0.39, 0.29) is 12.2 Å². The van der Waals surface area contributed by atoms with Crippen LogP contribution in [-0.4, -0.2) is 25.5 Å². The lowest BCUT2D eigenvalue weighted by atomic mass is 10.2. The normalized spacial score (nSPS) is 10.8. The lowest BCUT2D eigenvalue weighted by molar-refractivity contribution is 0.0992. The molecule has 0 N–H and O–H groups in total.